The summed E-state index contributed by atoms with van der Waals surface area (Å²) < 4.78 is 3.20. The molecule has 0 spiro atoms. The Labute approximate surface area is 178 Å². The van der Waals surface area contributed by atoms with Gasteiger partial charge in [-0.1, -0.05) is 42.5 Å². The third-order valence-corrected chi connectivity index (χ3v) is 5.98. The minimum absolute atomic E-state index is 0.100. The molecule has 1 amide bonds. The number of amides is 1. The van der Waals surface area contributed by atoms with E-state index in [1.165, 1.54) is 5.56 Å². The van der Waals surface area contributed by atoms with Crippen LogP contribution in [0.2, 0.25) is 0 Å². The first-order valence-electron chi connectivity index (χ1n) is 8.93. The lowest BCUT2D eigenvalue weighted by Gasteiger charge is -2.11. The normalized spacial score (nSPS) is 11.1. The summed E-state index contributed by atoms with van der Waals surface area (Å²) in [7, 11) is 0. The fourth-order valence-corrected chi connectivity index (χ4v) is 4.21. The van der Waals surface area contributed by atoms with Gasteiger partial charge in [0.1, 0.15) is 0 Å². The van der Waals surface area contributed by atoms with Crippen LogP contribution >= 0.6 is 27.7 Å². The molecule has 0 aliphatic heterocycles. The summed E-state index contributed by atoms with van der Waals surface area (Å²) >= 11 is 5.18. The SMILES string of the molecule is Cc1cc(/C=N\NC(=O)CSCc2ccccc2)c(C)n1-c1ccccc1Br. The Bertz CT molecular complexity index is 983. The number of hydrazone groups is 1. The fourth-order valence-electron chi connectivity index (χ4n) is 2.96. The number of thioether (sulfide) groups is 1. The average molecular weight is 456 g/mol. The van der Waals surface area contributed by atoms with Crippen molar-refractivity contribution in [2.45, 2.75) is 19.6 Å². The van der Waals surface area contributed by atoms with Crippen LogP contribution < -0.4 is 5.43 Å². The molecule has 4 nitrogen and oxygen atoms in total. The van der Waals surface area contributed by atoms with Crippen LogP contribution in [-0.4, -0.2) is 22.4 Å². The Morgan fingerprint density at radius 2 is 1.86 bits per heavy atom. The number of hydrogen-bond donors (Lipinski definition) is 1. The molecule has 1 heterocycles. The summed E-state index contributed by atoms with van der Waals surface area (Å²) in [6, 6.07) is 20.3. The number of para-hydroxylation sites is 1. The van der Waals surface area contributed by atoms with E-state index in [1.807, 2.05) is 43.3 Å². The maximum Gasteiger partial charge on any atom is 0.250 e. The summed E-state index contributed by atoms with van der Waals surface area (Å²) in [5.74, 6) is 1.09. The van der Waals surface area contributed by atoms with Crippen molar-refractivity contribution in [1.82, 2.24) is 9.99 Å². The molecule has 0 fully saturated rings. The molecule has 0 radical (unpaired) electrons. The zero-order valence-electron chi connectivity index (χ0n) is 15.9. The van der Waals surface area contributed by atoms with E-state index in [-0.39, 0.29) is 5.91 Å². The Balaban J connectivity index is 1.58. The summed E-state index contributed by atoms with van der Waals surface area (Å²) in [6.07, 6.45) is 1.70. The lowest BCUT2D eigenvalue weighted by molar-refractivity contribution is -0.118. The van der Waals surface area contributed by atoms with Crippen molar-refractivity contribution in [1.29, 1.82) is 0 Å². The van der Waals surface area contributed by atoms with E-state index in [9.17, 15) is 4.79 Å². The van der Waals surface area contributed by atoms with Crippen LogP contribution in [0.4, 0.5) is 0 Å². The molecule has 2 aromatic carbocycles. The van der Waals surface area contributed by atoms with Gasteiger partial charge in [0, 0.05) is 27.2 Å². The first-order valence-corrected chi connectivity index (χ1v) is 10.9. The van der Waals surface area contributed by atoms with E-state index in [1.54, 1.807) is 18.0 Å². The zero-order valence-corrected chi connectivity index (χ0v) is 18.3. The molecule has 3 rings (SSSR count). The molecular weight excluding hydrogens is 434 g/mol. The largest absolute Gasteiger partial charge is 0.317 e. The van der Waals surface area contributed by atoms with Gasteiger partial charge in [-0.25, -0.2) is 5.43 Å². The predicted molar refractivity (Wildman–Crippen MR) is 121 cm³/mol. The Hall–Kier alpha value is -2.31. The molecule has 28 heavy (non-hydrogen) atoms. The van der Waals surface area contributed by atoms with Crippen LogP contribution in [0.3, 0.4) is 0 Å². The highest BCUT2D eigenvalue weighted by Gasteiger charge is 2.11. The minimum Gasteiger partial charge on any atom is -0.317 e. The second-order valence-electron chi connectivity index (χ2n) is 6.38. The Morgan fingerprint density at radius 1 is 1.14 bits per heavy atom. The van der Waals surface area contributed by atoms with E-state index in [0.717, 1.165) is 32.9 Å². The minimum atomic E-state index is -0.100. The van der Waals surface area contributed by atoms with Gasteiger partial charge < -0.3 is 4.57 Å². The Kier molecular flexibility index (Phi) is 7.12. The quantitative estimate of drug-likeness (QED) is 0.391. The monoisotopic (exact) mass is 455 g/mol. The van der Waals surface area contributed by atoms with Crippen molar-refractivity contribution in [3.8, 4) is 5.69 Å². The molecule has 1 aromatic heterocycles. The second-order valence-corrected chi connectivity index (χ2v) is 8.22. The molecular formula is C22H22BrN3OS. The fraction of sp³-hybridized carbons (Fsp3) is 0.182. The molecule has 0 aliphatic carbocycles. The van der Waals surface area contributed by atoms with Crippen LogP contribution in [0.5, 0.6) is 0 Å². The lowest BCUT2D eigenvalue weighted by Crippen LogP contribution is -2.19. The predicted octanol–water partition coefficient (Wildman–Crippen LogP) is 5.24. The van der Waals surface area contributed by atoms with E-state index in [2.05, 4.69) is 62.2 Å². The molecule has 0 unspecified atom stereocenters. The van der Waals surface area contributed by atoms with Crippen LogP contribution in [0.1, 0.15) is 22.5 Å². The average Bonchev–Trinajstić information content (AvgIpc) is 2.97. The van der Waals surface area contributed by atoms with Gasteiger partial charge in [-0.2, -0.15) is 5.10 Å². The number of aromatic nitrogens is 1. The van der Waals surface area contributed by atoms with Crippen molar-refractivity contribution >= 4 is 39.8 Å². The first-order chi connectivity index (χ1) is 13.6. The van der Waals surface area contributed by atoms with E-state index < -0.39 is 0 Å². The van der Waals surface area contributed by atoms with Crippen molar-refractivity contribution in [3.05, 3.63) is 87.7 Å². The Morgan fingerprint density at radius 3 is 2.61 bits per heavy atom. The van der Waals surface area contributed by atoms with Crippen LogP contribution in [0.15, 0.2) is 70.2 Å². The molecule has 0 saturated carbocycles. The summed E-state index contributed by atoms with van der Waals surface area (Å²) in [5, 5.41) is 4.14. The van der Waals surface area contributed by atoms with Crippen molar-refractivity contribution in [2.24, 2.45) is 5.10 Å². The van der Waals surface area contributed by atoms with E-state index in [4.69, 9.17) is 0 Å². The van der Waals surface area contributed by atoms with Gasteiger partial charge in [-0.3, -0.25) is 4.79 Å². The number of halogens is 1. The molecule has 0 atom stereocenters. The number of nitrogens with zero attached hydrogens (tertiary/aromatic N) is 2. The van der Waals surface area contributed by atoms with Crippen LogP contribution in [0, 0.1) is 13.8 Å². The summed E-state index contributed by atoms with van der Waals surface area (Å²) in [4.78, 5) is 12.0. The molecule has 0 saturated heterocycles. The maximum absolute atomic E-state index is 12.0. The number of nitrogens with one attached hydrogen (secondary N) is 1. The summed E-state index contributed by atoms with van der Waals surface area (Å²) in [5.41, 5.74) is 8.06. The number of carbonyl (C=O) groups excluding carboxylic acids is 1. The molecule has 1 N–H and O–H groups in total. The zero-order chi connectivity index (χ0) is 19.9. The van der Waals surface area contributed by atoms with Gasteiger partial charge in [-0.15, -0.1) is 11.8 Å². The van der Waals surface area contributed by atoms with Crippen molar-refractivity contribution in [2.75, 3.05) is 5.75 Å². The lowest BCUT2D eigenvalue weighted by atomic mass is 10.2. The van der Waals surface area contributed by atoms with Gasteiger partial charge in [0.25, 0.3) is 0 Å². The third-order valence-electron chi connectivity index (χ3n) is 4.30. The number of rotatable bonds is 7. The summed E-state index contributed by atoms with van der Waals surface area (Å²) in [6.45, 7) is 4.11. The molecule has 3 aromatic rings. The highest BCUT2D eigenvalue weighted by molar-refractivity contribution is 9.10. The number of hydrogen-bond acceptors (Lipinski definition) is 3. The van der Waals surface area contributed by atoms with Gasteiger partial charge in [0.15, 0.2) is 0 Å². The van der Waals surface area contributed by atoms with Gasteiger partial charge >= 0.3 is 0 Å². The third kappa shape index (κ3) is 5.14. The standard InChI is InChI=1S/C22H22BrN3OS/c1-16-12-19(17(2)26(16)21-11-7-6-10-20(21)23)13-24-25-22(27)15-28-14-18-8-4-3-5-9-18/h3-13H,14-15H2,1-2H3,(H,25,27)/b24-13-. The molecule has 6 heteroatoms. The van der Waals surface area contributed by atoms with Crippen molar-refractivity contribution < 1.29 is 4.79 Å². The smallest absolute Gasteiger partial charge is 0.250 e. The molecule has 0 bridgehead atoms. The second kappa shape index (κ2) is 9.75. The van der Waals surface area contributed by atoms with Gasteiger partial charge in [0.05, 0.1) is 17.7 Å². The highest BCUT2D eigenvalue weighted by atomic mass is 79.9. The topological polar surface area (TPSA) is 46.4 Å². The highest BCUT2D eigenvalue weighted by Crippen LogP contribution is 2.26. The molecule has 144 valence electrons. The van der Waals surface area contributed by atoms with Crippen LogP contribution in [0.25, 0.3) is 5.69 Å². The van der Waals surface area contributed by atoms with E-state index in [0.29, 0.717) is 5.75 Å². The number of benzene rings is 2. The van der Waals surface area contributed by atoms with Crippen LogP contribution in [-0.2, 0) is 10.5 Å². The molecule has 0 aliphatic rings. The maximum atomic E-state index is 12.0. The first kappa shape index (κ1) is 20.4. The van der Waals surface area contributed by atoms with Gasteiger partial charge in [0.2, 0.25) is 5.91 Å². The van der Waals surface area contributed by atoms with E-state index >= 15 is 0 Å². The van der Waals surface area contributed by atoms with Crippen molar-refractivity contribution in [3.63, 3.8) is 0 Å². The number of carbonyl (C=O) groups is 1. The number of aryl methyl sites for hydroxylation is 1. The van der Waals surface area contributed by atoms with Gasteiger partial charge in [-0.05, 0) is 53.5 Å².